The number of amides is 1. The van der Waals surface area contributed by atoms with Crippen LogP contribution in [-0.2, 0) is 0 Å². The van der Waals surface area contributed by atoms with Crippen molar-refractivity contribution in [2.75, 3.05) is 13.1 Å². The van der Waals surface area contributed by atoms with E-state index in [1.807, 2.05) is 61.2 Å². The molecule has 2 aromatic rings. The number of carbonyl (C=O) groups is 1. The highest BCUT2D eigenvalue weighted by Crippen LogP contribution is 2.29. The van der Waals surface area contributed by atoms with Gasteiger partial charge in [-0.2, -0.15) is 0 Å². The number of rotatable bonds is 5. The van der Waals surface area contributed by atoms with Crippen molar-refractivity contribution in [1.29, 1.82) is 0 Å². The third-order valence-electron chi connectivity index (χ3n) is 3.64. The van der Waals surface area contributed by atoms with Crippen LogP contribution in [0.3, 0.4) is 0 Å². The van der Waals surface area contributed by atoms with Crippen LogP contribution in [0.4, 0.5) is 0 Å². The molecule has 0 spiro atoms. The molecule has 0 N–H and O–H groups in total. The van der Waals surface area contributed by atoms with Gasteiger partial charge in [-0.05, 0) is 71.8 Å². The van der Waals surface area contributed by atoms with E-state index in [2.05, 4.69) is 28.7 Å². The molecule has 4 heteroatoms. The topological polar surface area (TPSA) is 20.3 Å². The van der Waals surface area contributed by atoms with Crippen molar-refractivity contribution in [3.63, 3.8) is 0 Å². The molecular formula is C18H19ClINO. The normalized spacial score (nSPS) is 12.0. The van der Waals surface area contributed by atoms with Gasteiger partial charge in [0.15, 0.2) is 0 Å². The van der Waals surface area contributed by atoms with Crippen LogP contribution in [-0.4, -0.2) is 23.9 Å². The van der Waals surface area contributed by atoms with Gasteiger partial charge in [-0.15, -0.1) is 11.6 Å². The summed E-state index contributed by atoms with van der Waals surface area (Å²) in [6, 6.07) is 15.7. The zero-order chi connectivity index (χ0) is 16.1. The van der Waals surface area contributed by atoms with Gasteiger partial charge in [-0.1, -0.05) is 24.3 Å². The Kier molecular flexibility index (Phi) is 6.26. The van der Waals surface area contributed by atoms with Crippen molar-refractivity contribution in [3.8, 4) is 0 Å². The predicted octanol–water partition coefficient (Wildman–Crippen LogP) is 5.10. The highest BCUT2D eigenvalue weighted by Gasteiger charge is 2.15. The average molecular weight is 428 g/mol. The lowest BCUT2D eigenvalue weighted by molar-refractivity contribution is 0.0773. The highest BCUT2D eigenvalue weighted by molar-refractivity contribution is 14.1. The Morgan fingerprint density at radius 2 is 1.73 bits per heavy atom. The van der Waals surface area contributed by atoms with Crippen LogP contribution in [0.1, 0.15) is 40.7 Å². The summed E-state index contributed by atoms with van der Waals surface area (Å²) in [6.45, 7) is 5.42. The Hall–Kier alpha value is -1.07. The summed E-state index contributed by atoms with van der Waals surface area (Å²) in [4.78, 5) is 14.1. The molecule has 0 aliphatic heterocycles. The molecule has 2 rings (SSSR count). The second-order valence-electron chi connectivity index (χ2n) is 5.02. The molecule has 1 atom stereocenters. The van der Waals surface area contributed by atoms with Gasteiger partial charge in [0.25, 0.3) is 5.91 Å². The van der Waals surface area contributed by atoms with Gasteiger partial charge in [0.2, 0.25) is 0 Å². The molecule has 0 aromatic heterocycles. The van der Waals surface area contributed by atoms with Gasteiger partial charge < -0.3 is 4.90 Å². The second-order valence-corrected chi connectivity index (χ2v) is 6.70. The predicted molar refractivity (Wildman–Crippen MR) is 101 cm³/mol. The minimum Gasteiger partial charge on any atom is -0.339 e. The largest absolute Gasteiger partial charge is 0.339 e. The fraction of sp³-hybridized carbons (Fsp3) is 0.278. The second kappa shape index (κ2) is 7.97. The third-order valence-corrected chi connectivity index (χ3v) is 4.82. The zero-order valence-corrected chi connectivity index (χ0v) is 15.6. The van der Waals surface area contributed by atoms with Crippen molar-refractivity contribution in [3.05, 3.63) is 68.8 Å². The molecule has 0 saturated heterocycles. The number of halogens is 2. The minimum atomic E-state index is -0.202. The van der Waals surface area contributed by atoms with Gasteiger partial charge in [0, 0.05) is 22.2 Å². The van der Waals surface area contributed by atoms with E-state index in [0.29, 0.717) is 5.56 Å². The van der Waals surface area contributed by atoms with E-state index in [9.17, 15) is 4.79 Å². The van der Waals surface area contributed by atoms with E-state index in [4.69, 9.17) is 11.6 Å². The van der Waals surface area contributed by atoms with Crippen LogP contribution in [0.25, 0.3) is 0 Å². The smallest absolute Gasteiger partial charge is 0.253 e. The first-order valence-corrected chi connectivity index (χ1v) is 8.87. The van der Waals surface area contributed by atoms with E-state index >= 15 is 0 Å². The molecule has 0 bridgehead atoms. The first-order valence-electron chi connectivity index (χ1n) is 7.35. The Morgan fingerprint density at radius 3 is 2.27 bits per heavy atom. The Bertz CT molecular complexity index is 638. The van der Waals surface area contributed by atoms with E-state index < -0.39 is 0 Å². The van der Waals surface area contributed by atoms with Gasteiger partial charge in [0.1, 0.15) is 0 Å². The number of hydrogen-bond acceptors (Lipinski definition) is 1. The third kappa shape index (κ3) is 4.02. The minimum absolute atomic E-state index is 0.0666. The maximum Gasteiger partial charge on any atom is 0.253 e. The van der Waals surface area contributed by atoms with Gasteiger partial charge in [-0.3, -0.25) is 4.79 Å². The van der Waals surface area contributed by atoms with Crippen LogP contribution in [0.15, 0.2) is 48.5 Å². The van der Waals surface area contributed by atoms with E-state index in [0.717, 1.165) is 27.8 Å². The van der Waals surface area contributed by atoms with Crippen LogP contribution in [0.2, 0.25) is 0 Å². The van der Waals surface area contributed by atoms with Gasteiger partial charge >= 0.3 is 0 Å². The van der Waals surface area contributed by atoms with Crippen molar-refractivity contribution < 1.29 is 4.79 Å². The molecule has 2 nitrogen and oxygen atoms in total. The lowest BCUT2D eigenvalue weighted by Gasteiger charge is -2.19. The number of nitrogens with zero attached hydrogens (tertiary/aromatic N) is 1. The maximum absolute atomic E-state index is 12.3. The van der Waals surface area contributed by atoms with Gasteiger partial charge in [-0.25, -0.2) is 0 Å². The van der Waals surface area contributed by atoms with Crippen molar-refractivity contribution in [2.45, 2.75) is 19.2 Å². The molecule has 0 saturated carbocycles. The van der Waals surface area contributed by atoms with Crippen LogP contribution in [0, 0.1) is 3.57 Å². The molecule has 116 valence electrons. The van der Waals surface area contributed by atoms with Crippen LogP contribution >= 0.6 is 34.2 Å². The Morgan fingerprint density at radius 1 is 1.09 bits per heavy atom. The molecule has 1 unspecified atom stereocenters. The Labute approximate surface area is 150 Å². The molecule has 2 aromatic carbocycles. The van der Waals surface area contributed by atoms with Crippen LogP contribution < -0.4 is 0 Å². The van der Waals surface area contributed by atoms with E-state index in [1.165, 1.54) is 0 Å². The quantitative estimate of drug-likeness (QED) is 0.480. The number of carbonyl (C=O) groups excluding carboxylic acids is 1. The standard InChI is InChI=1S/C18H19ClINO/c1-3-21(4-2)18(22)14-10-8-13(9-11-14)17(19)15-6-5-7-16(20)12-15/h5-12,17H,3-4H2,1-2H3. The number of benzene rings is 2. The van der Waals surface area contributed by atoms with Crippen LogP contribution in [0.5, 0.6) is 0 Å². The Balaban J connectivity index is 2.20. The molecule has 0 fully saturated rings. The maximum atomic E-state index is 12.3. The number of hydrogen-bond donors (Lipinski definition) is 0. The molecule has 0 aliphatic carbocycles. The summed E-state index contributed by atoms with van der Waals surface area (Å²) in [5.74, 6) is 0.0666. The first-order chi connectivity index (χ1) is 10.6. The monoisotopic (exact) mass is 427 g/mol. The van der Waals surface area contributed by atoms with Crippen molar-refractivity contribution >= 4 is 40.1 Å². The zero-order valence-electron chi connectivity index (χ0n) is 12.7. The summed E-state index contributed by atoms with van der Waals surface area (Å²) >= 11 is 8.83. The SMILES string of the molecule is CCN(CC)C(=O)c1ccc(C(Cl)c2cccc(I)c2)cc1. The first kappa shape index (κ1) is 17.3. The summed E-state index contributed by atoms with van der Waals surface area (Å²) in [5, 5.41) is -0.202. The molecule has 22 heavy (non-hydrogen) atoms. The molecule has 0 aliphatic rings. The molecule has 1 amide bonds. The van der Waals surface area contributed by atoms with Crippen molar-refractivity contribution in [1.82, 2.24) is 4.90 Å². The average Bonchev–Trinajstić information content (AvgIpc) is 2.55. The molecule has 0 radical (unpaired) electrons. The summed E-state index contributed by atoms with van der Waals surface area (Å²) < 4.78 is 1.16. The summed E-state index contributed by atoms with van der Waals surface area (Å²) in [5.41, 5.74) is 2.77. The van der Waals surface area contributed by atoms with E-state index in [1.54, 1.807) is 0 Å². The van der Waals surface area contributed by atoms with E-state index in [-0.39, 0.29) is 11.3 Å². The molecular weight excluding hydrogens is 409 g/mol. The van der Waals surface area contributed by atoms with Gasteiger partial charge in [0.05, 0.1) is 5.38 Å². The number of alkyl halides is 1. The molecule has 0 heterocycles. The lowest BCUT2D eigenvalue weighted by atomic mass is 10.0. The highest BCUT2D eigenvalue weighted by atomic mass is 127. The summed E-state index contributed by atoms with van der Waals surface area (Å²) in [7, 11) is 0. The summed E-state index contributed by atoms with van der Waals surface area (Å²) in [6.07, 6.45) is 0. The lowest BCUT2D eigenvalue weighted by Crippen LogP contribution is -2.30. The fourth-order valence-electron chi connectivity index (χ4n) is 2.34. The fourth-order valence-corrected chi connectivity index (χ4v) is 3.19. The van der Waals surface area contributed by atoms with Crippen molar-refractivity contribution in [2.24, 2.45) is 0 Å².